The van der Waals surface area contributed by atoms with Crippen molar-refractivity contribution in [3.8, 4) is 11.1 Å². The van der Waals surface area contributed by atoms with Gasteiger partial charge in [0.15, 0.2) is 0 Å². The monoisotopic (exact) mass is 388 g/mol. The summed E-state index contributed by atoms with van der Waals surface area (Å²) in [4.78, 5) is 27.3. The molecule has 0 radical (unpaired) electrons. The predicted octanol–water partition coefficient (Wildman–Crippen LogP) is 3.92. The van der Waals surface area contributed by atoms with Gasteiger partial charge in [-0.15, -0.1) is 0 Å². The molecule has 0 saturated carbocycles. The molecule has 2 heterocycles. The lowest BCUT2D eigenvalue weighted by molar-refractivity contribution is -0.119. The van der Waals surface area contributed by atoms with Gasteiger partial charge in [-0.05, 0) is 42.0 Å². The molecule has 1 fully saturated rings. The molecule has 1 N–H and O–H groups in total. The number of thioether (sulfide) groups is 1. The van der Waals surface area contributed by atoms with Crippen molar-refractivity contribution >= 4 is 29.3 Å². The molecule has 2 aliphatic rings. The lowest BCUT2D eigenvalue weighted by Gasteiger charge is -2.20. The zero-order valence-corrected chi connectivity index (χ0v) is 15.5. The van der Waals surface area contributed by atoms with Gasteiger partial charge in [0.1, 0.15) is 17.7 Å². The number of nitrogens with zero attached hydrogens (tertiary/aromatic N) is 1. The van der Waals surface area contributed by atoms with Gasteiger partial charge in [0, 0.05) is 23.4 Å². The van der Waals surface area contributed by atoms with E-state index >= 15 is 0 Å². The highest BCUT2D eigenvalue weighted by molar-refractivity contribution is 7.99. The largest absolute Gasteiger partial charge is 0.325 e. The van der Waals surface area contributed by atoms with Crippen molar-refractivity contribution in [2.45, 2.75) is 24.6 Å². The zero-order chi connectivity index (χ0) is 19.1. The molecule has 1 saturated heterocycles. The van der Waals surface area contributed by atoms with Gasteiger partial charge in [-0.1, -0.05) is 13.0 Å². The fourth-order valence-electron chi connectivity index (χ4n) is 3.72. The van der Waals surface area contributed by atoms with E-state index in [0.717, 1.165) is 11.8 Å². The summed E-state index contributed by atoms with van der Waals surface area (Å²) in [7, 11) is 0. The number of carbonyl (C=O) groups excluding carboxylic acids is 2. The molecule has 2 aromatic rings. The SMILES string of the molecule is CCS[C@H]1C[C@H]2C(=O)Nc3ccc(-c4ccc(F)cc4F)cc3C(=O)N2C1. The van der Waals surface area contributed by atoms with Crippen molar-refractivity contribution < 1.29 is 18.4 Å². The van der Waals surface area contributed by atoms with Gasteiger partial charge in [0.25, 0.3) is 5.91 Å². The molecule has 4 rings (SSSR count). The molecule has 0 aliphatic carbocycles. The summed E-state index contributed by atoms with van der Waals surface area (Å²) in [6, 6.07) is 7.64. The normalized spacial score (nSPS) is 21.5. The van der Waals surface area contributed by atoms with Gasteiger partial charge < -0.3 is 10.2 Å². The van der Waals surface area contributed by atoms with Crippen LogP contribution in [0, 0.1) is 11.6 Å². The zero-order valence-electron chi connectivity index (χ0n) is 14.7. The van der Waals surface area contributed by atoms with Crippen LogP contribution in [-0.2, 0) is 4.79 Å². The number of nitrogens with one attached hydrogen (secondary N) is 1. The molecule has 0 spiro atoms. The maximum atomic E-state index is 14.2. The van der Waals surface area contributed by atoms with Crippen molar-refractivity contribution in [1.82, 2.24) is 4.90 Å². The Morgan fingerprint density at radius 2 is 1.96 bits per heavy atom. The molecule has 0 unspecified atom stereocenters. The highest BCUT2D eigenvalue weighted by Gasteiger charge is 2.42. The van der Waals surface area contributed by atoms with E-state index < -0.39 is 17.7 Å². The quantitative estimate of drug-likeness (QED) is 0.867. The summed E-state index contributed by atoms with van der Waals surface area (Å²) in [6.45, 7) is 2.57. The second-order valence-corrected chi connectivity index (χ2v) is 8.24. The number of anilines is 1. The topological polar surface area (TPSA) is 49.4 Å². The van der Waals surface area contributed by atoms with Gasteiger partial charge in [-0.2, -0.15) is 11.8 Å². The molecule has 140 valence electrons. The van der Waals surface area contributed by atoms with Crippen molar-refractivity contribution in [3.05, 3.63) is 53.6 Å². The highest BCUT2D eigenvalue weighted by atomic mass is 32.2. The van der Waals surface area contributed by atoms with Crippen LogP contribution in [0.25, 0.3) is 11.1 Å². The number of rotatable bonds is 3. The molecule has 2 amide bonds. The van der Waals surface area contributed by atoms with Gasteiger partial charge >= 0.3 is 0 Å². The first kappa shape index (κ1) is 18.0. The number of halogens is 2. The molecule has 2 aromatic carbocycles. The first-order valence-corrected chi connectivity index (χ1v) is 9.85. The summed E-state index contributed by atoms with van der Waals surface area (Å²) < 4.78 is 27.3. The number of hydrogen-bond acceptors (Lipinski definition) is 3. The summed E-state index contributed by atoms with van der Waals surface area (Å²) in [6.07, 6.45) is 0.628. The Kier molecular flexibility index (Phi) is 4.63. The number of hydrogen-bond donors (Lipinski definition) is 1. The Morgan fingerprint density at radius 1 is 1.15 bits per heavy atom. The highest BCUT2D eigenvalue weighted by Crippen LogP contribution is 2.35. The van der Waals surface area contributed by atoms with Crippen LogP contribution in [-0.4, -0.2) is 40.3 Å². The van der Waals surface area contributed by atoms with Crippen LogP contribution in [0.15, 0.2) is 36.4 Å². The lowest BCUT2D eigenvalue weighted by Crippen LogP contribution is -2.40. The van der Waals surface area contributed by atoms with Gasteiger partial charge in [0.05, 0.1) is 11.3 Å². The van der Waals surface area contributed by atoms with E-state index in [-0.39, 0.29) is 22.6 Å². The van der Waals surface area contributed by atoms with Crippen molar-refractivity contribution in [2.75, 3.05) is 17.6 Å². The Balaban J connectivity index is 1.73. The standard InChI is InChI=1S/C20H18F2N2O2S/c1-2-27-13-9-18-19(25)23-17-6-3-11(7-15(17)20(26)24(18)10-13)14-5-4-12(21)8-16(14)22/h3-8,13,18H,2,9-10H2,1H3,(H,23,25)/t13-,18-/m0/s1. The second-order valence-electron chi connectivity index (χ2n) is 6.66. The van der Waals surface area contributed by atoms with E-state index in [4.69, 9.17) is 0 Å². The van der Waals surface area contributed by atoms with Crippen molar-refractivity contribution in [3.63, 3.8) is 0 Å². The molecule has 0 bridgehead atoms. The van der Waals surface area contributed by atoms with Crippen LogP contribution in [0.4, 0.5) is 14.5 Å². The van der Waals surface area contributed by atoms with E-state index in [1.807, 2.05) is 0 Å². The second kappa shape index (κ2) is 6.96. The third-order valence-corrected chi connectivity index (χ3v) is 6.12. The van der Waals surface area contributed by atoms with Gasteiger partial charge in [-0.3, -0.25) is 9.59 Å². The molecule has 7 heteroatoms. The third-order valence-electron chi connectivity index (χ3n) is 4.98. The fraction of sp³-hybridized carbons (Fsp3) is 0.300. The third kappa shape index (κ3) is 3.20. The maximum absolute atomic E-state index is 14.2. The first-order chi connectivity index (χ1) is 13.0. The van der Waals surface area contributed by atoms with E-state index in [1.165, 1.54) is 12.1 Å². The molecule has 4 nitrogen and oxygen atoms in total. The Bertz CT molecular complexity index is 934. The molecule has 2 atom stereocenters. The minimum Gasteiger partial charge on any atom is -0.325 e. The summed E-state index contributed by atoms with van der Waals surface area (Å²) in [5, 5.41) is 3.06. The van der Waals surface area contributed by atoms with Crippen molar-refractivity contribution in [2.24, 2.45) is 0 Å². The number of fused-ring (bicyclic) bond motifs is 2. The average molecular weight is 388 g/mol. The number of carbonyl (C=O) groups is 2. The Labute approximate surface area is 159 Å². The fourth-order valence-corrected chi connectivity index (χ4v) is 4.77. The van der Waals surface area contributed by atoms with Crippen LogP contribution in [0.2, 0.25) is 0 Å². The van der Waals surface area contributed by atoms with E-state index in [2.05, 4.69) is 12.2 Å². The molecule has 0 aromatic heterocycles. The van der Waals surface area contributed by atoms with E-state index in [9.17, 15) is 18.4 Å². The van der Waals surface area contributed by atoms with E-state index in [1.54, 1.807) is 34.9 Å². The average Bonchev–Trinajstić information content (AvgIpc) is 3.02. The van der Waals surface area contributed by atoms with Gasteiger partial charge in [0.2, 0.25) is 5.91 Å². The maximum Gasteiger partial charge on any atom is 0.256 e. The minimum absolute atomic E-state index is 0.193. The van der Waals surface area contributed by atoms with Crippen LogP contribution < -0.4 is 5.32 Å². The van der Waals surface area contributed by atoms with Crippen LogP contribution in [0.5, 0.6) is 0 Å². The number of amides is 2. The smallest absolute Gasteiger partial charge is 0.256 e. The van der Waals surface area contributed by atoms with Gasteiger partial charge in [-0.25, -0.2) is 8.78 Å². The summed E-state index contributed by atoms with van der Waals surface area (Å²) in [5.74, 6) is -0.864. The Morgan fingerprint density at radius 3 is 2.70 bits per heavy atom. The lowest BCUT2D eigenvalue weighted by atomic mass is 10.0. The molecular formula is C20H18F2N2O2S. The van der Waals surface area contributed by atoms with Crippen LogP contribution >= 0.6 is 11.8 Å². The van der Waals surface area contributed by atoms with Crippen molar-refractivity contribution in [1.29, 1.82) is 0 Å². The van der Waals surface area contributed by atoms with Crippen LogP contribution in [0.1, 0.15) is 23.7 Å². The summed E-state index contributed by atoms with van der Waals surface area (Å²) in [5.41, 5.74) is 1.42. The first-order valence-electron chi connectivity index (χ1n) is 8.81. The van der Waals surface area contributed by atoms with Crippen LogP contribution in [0.3, 0.4) is 0 Å². The molecule has 27 heavy (non-hydrogen) atoms. The Hall–Kier alpha value is -2.41. The molecular weight excluding hydrogens is 370 g/mol. The predicted molar refractivity (Wildman–Crippen MR) is 102 cm³/mol. The van der Waals surface area contributed by atoms with E-state index in [0.29, 0.717) is 29.8 Å². The minimum atomic E-state index is -0.696. The number of benzene rings is 2. The molecule has 2 aliphatic heterocycles. The summed E-state index contributed by atoms with van der Waals surface area (Å²) >= 11 is 1.74.